The third-order valence-electron chi connectivity index (χ3n) is 16.4. The van der Waals surface area contributed by atoms with Gasteiger partial charge in [-0.1, -0.05) is 220 Å². The summed E-state index contributed by atoms with van der Waals surface area (Å²) in [6, 6.07) is 94.0. The first-order valence-corrected chi connectivity index (χ1v) is 25.0. The number of benzene rings is 12. The maximum Gasteiger partial charge on any atom is 0.0726 e. The van der Waals surface area contributed by atoms with E-state index in [9.17, 15) is 0 Å². The van der Waals surface area contributed by atoms with Crippen molar-refractivity contribution >= 4 is 49.4 Å². The zero-order chi connectivity index (χ0) is 47.0. The molecule has 3 aliphatic rings. The van der Waals surface area contributed by atoms with Crippen LogP contribution in [0.5, 0.6) is 0 Å². The quantitative estimate of drug-likeness (QED) is 0.156. The van der Waals surface area contributed by atoms with E-state index in [-0.39, 0.29) is 5.41 Å². The first-order valence-electron chi connectivity index (χ1n) is 25.0. The molecule has 0 aliphatic heterocycles. The molecule has 15 rings (SSSR count). The van der Waals surface area contributed by atoms with Crippen molar-refractivity contribution in [2.75, 3.05) is 4.90 Å². The van der Waals surface area contributed by atoms with Crippen LogP contribution < -0.4 is 4.90 Å². The molecule has 0 amide bonds. The summed E-state index contributed by atoms with van der Waals surface area (Å²) in [4.78, 5) is 2.59. The van der Waals surface area contributed by atoms with Crippen molar-refractivity contribution in [1.82, 2.24) is 0 Å². The molecule has 0 fully saturated rings. The second kappa shape index (κ2) is 14.9. The van der Waals surface area contributed by atoms with Gasteiger partial charge >= 0.3 is 0 Å². The van der Waals surface area contributed by atoms with Gasteiger partial charge in [-0.2, -0.15) is 0 Å². The fourth-order valence-electron chi connectivity index (χ4n) is 13.3. The van der Waals surface area contributed by atoms with Gasteiger partial charge in [0.25, 0.3) is 0 Å². The van der Waals surface area contributed by atoms with Crippen molar-refractivity contribution in [2.45, 2.75) is 24.7 Å². The smallest absolute Gasteiger partial charge is 0.0726 e. The molecule has 0 N–H and O–H groups in total. The lowest BCUT2D eigenvalue weighted by Gasteiger charge is -2.34. The Morgan fingerprint density at radius 3 is 1.32 bits per heavy atom. The number of anilines is 3. The number of nitrogens with zero attached hydrogens (tertiary/aromatic N) is 1. The SMILES string of the molecule is CC1(C)c2ccccc2-c2cc(N(c3ccc4c5ccccc5c5ccccc5c4c3)c3cc4c(cc3-c3cccc(-c5ccccc5)c3)-c3ccccc3C43c4ccccc4-c4ccccc43)ccc21. The van der Waals surface area contributed by atoms with Gasteiger partial charge in [0.1, 0.15) is 0 Å². The van der Waals surface area contributed by atoms with E-state index >= 15 is 0 Å². The van der Waals surface area contributed by atoms with Crippen molar-refractivity contribution in [1.29, 1.82) is 0 Å². The molecule has 1 heteroatoms. The molecule has 332 valence electrons. The van der Waals surface area contributed by atoms with Gasteiger partial charge in [-0.25, -0.2) is 0 Å². The van der Waals surface area contributed by atoms with E-state index in [1.807, 2.05) is 0 Å². The van der Waals surface area contributed by atoms with E-state index in [2.05, 4.69) is 267 Å². The highest BCUT2D eigenvalue weighted by Gasteiger charge is 2.52. The van der Waals surface area contributed by atoms with E-state index in [0.29, 0.717) is 0 Å². The van der Waals surface area contributed by atoms with Crippen molar-refractivity contribution < 1.29 is 0 Å². The van der Waals surface area contributed by atoms with Crippen LogP contribution in [-0.4, -0.2) is 0 Å². The zero-order valence-corrected chi connectivity index (χ0v) is 39.6. The molecular formula is C70H47N. The molecule has 0 saturated carbocycles. The minimum absolute atomic E-state index is 0.129. The number of rotatable bonds is 5. The Hall–Kier alpha value is -8.78. The van der Waals surface area contributed by atoms with Crippen LogP contribution in [-0.2, 0) is 10.8 Å². The highest BCUT2D eigenvalue weighted by atomic mass is 15.1. The molecule has 12 aromatic rings. The van der Waals surface area contributed by atoms with Gasteiger partial charge in [0.15, 0.2) is 0 Å². The average Bonchev–Trinajstić information content (AvgIpc) is 4.00. The summed E-state index contributed by atoms with van der Waals surface area (Å²) in [6.45, 7) is 4.75. The maximum atomic E-state index is 2.59. The Bertz CT molecular complexity index is 4130. The summed E-state index contributed by atoms with van der Waals surface area (Å²) in [5.41, 5.74) is 23.3. The molecule has 0 saturated heterocycles. The fourth-order valence-corrected chi connectivity index (χ4v) is 13.3. The number of hydrogen-bond acceptors (Lipinski definition) is 1. The molecule has 1 nitrogen and oxygen atoms in total. The molecule has 1 spiro atoms. The molecule has 12 aromatic carbocycles. The summed E-state index contributed by atoms with van der Waals surface area (Å²) in [6.07, 6.45) is 0. The molecule has 0 unspecified atom stereocenters. The molecule has 0 radical (unpaired) electrons. The van der Waals surface area contributed by atoms with Crippen molar-refractivity contribution in [3.8, 4) is 55.6 Å². The van der Waals surface area contributed by atoms with Gasteiger partial charge in [-0.05, 0) is 158 Å². The third kappa shape index (κ3) is 5.52. The minimum Gasteiger partial charge on any atom is -0.310 e. The summed E-state index contributed by atoms with van der Waals surface area (Å²) in [5.74, 6) is 0. The normalized spacial score (nSPS) is 14.0. The lowest BCUT2D eigenvalue weighted by atomic mass is 9.70. The minimum atomic E-state index is -0.524. The third-order valence-corrected chi connectivity index (χ3v) is 16.4. The van der Waals surface area contributed by atoms with Crippen LogP contribution in [0.25, 0.3) is 88.0 Å². The Kier molecular flexibility index (Phi) is 8.40. The molecule has 0 bridgehead atoms. The van der Waals surface area contributed by atoms with Crippen LogP contribution in [0.3, 0.4) is 0 Å². The highest BCUT2D eigenvalue weighted by molar-refractivity contribution is 6.26. The van der Waals surface area contributed by atoms with Crippen LogP contribution >= 0.6 is 0 Å². The lowest BCUT2D eigenvalue weighted by Crippen LogP contribution is -2.26. The van der Waals surface area contributed by atoms with E-state index in [1.165, 1.54) is 121 Å². The second-order valence-electron chi connectivity index (χ2n) is 20.3. The average molecular weight is 902 g/mol. The van der Waals surface area contributed by atoms with Gasteiger partial charge in [0, 0.05) is 22.4 Å². The maximum absolute atomic E-state index is 2.59. The summed E-state index contributed by atoms with van der Waals surface area (Å²) in [7, 11) is 0. The van der Waals surface area contributed by atoms with Crippen LogP contribution in [0.2, 0.25) is 0 Å². The molecule has 3 aliphatic carbocycles. The standard InChI is InChI=1S/C70H47N/c1-69(2)62-31-14-10-29-56(62)60-41-48(36-38-63(60)69)71(47-35-37-53-51-25-7-6-23-49(51)50-24-8-9-26-52(50)59(53)40-47)68-43-67-61(42-58(68)46-22-18-21-45(39-46)44-19-4-3-5-20-44)57-30-13-17-34-66(57)70(67)64-32-15-11-27-54(64)55-28-12-16-33-65(55)70/h3-43H,1-2H3. The van der Waals surface area contributed by atoms with E-state index in [0.717, 1.165) is 17.1 Å². The summed E-state index contributed by atoms with van der Waals surface area (Å²) < 4.78 is 0. The first kappa shape index (κ1) is 40.1. The van der Waals surface area contributed by atoms with Gasteiger partial charge in [0.2, 0.25) is 0 Å². The van der Waals surface area contributed by atoms with Crippen LogP contribution in [0.1, 0.15) is 47.2 Å². The Labute approximate surface area is 414 Å². The van der Waals surface area contributed by atoms with Gasteiger partial charge in [-0.3, -0.25) is 0 Å². The van der Waals surface area contributed by atoms with Crippen LogP contribution in [0.15, 0.2) is 249 Å². The lowest BCUT2D eigenvalue weighted by molar-refractivity contribution is 0.660. The largest absolute Gasteiger partial charge is 0.310 e. The molecular weight excluding hydrogens is 855 g/mol. The predicted molar refractivity (Wildman–Crippen MR) is 298 cm³/mol. The van der Waals surface area contributed by atoms with Gasteiger partial charge < -0.3 is 4.90 Å². The molecule has 71 heavy (non-hydrogen) atoms. The van der Waals surface area contributed by atoms with Crippen molar-refractivity contribution in [2.24, 2.45) is 0 Å². The summed E-state index contributed by atoms with van der Waals surface area (Å²) >= 11 is 0. The zero-order valence-electron chi connectivity index (χ0n) is 39.6. The van der Waals surface area contributed by atoms with Crippen molar-refractivity contribution in [3.05, 3.63) is 282 Å². The van der Waals surface area contributed by atoms with E-state index < -0.39 is 5.41 Å². The first-order chi connectivity index (χ1) is 35.0. The Balaban J connectivity index is 1.09. The Morgan fingerprint density at radius 1 is 0.254 bits per heavy atom. The van der Waals surface area contributed by atoms with Crippen LogP contribution in [0, 0.1) is 0 Å². The van der Waals surface area contributed by atoms with Gasteiger partial charge in [0.05, 0.1) is 11.1 Å². The molecule has 0 atom stereocenters. The van der Waals surface area contributed by atoms with E-state index in [1.54, 1.807) is 0 Å². The summed E-state index contributed by atoms with van der Waals surface area (Å²) in [5, 5.41) is 7.57. The van der Waals surface area contributed by atoms with Crippen LogP contribution in [0.4, 0.5) is 17.1 Å². The predicted octanol–water partition coefficient (Wildman–Crippen LogP) is 18.6. The molecule has 0 aromatic heterocycles. The Morgan fingerprint density at radius 2 is 0.690 bits per heavy atom. The monoisotopic (exact) mass is 901 g/mol. The van der Waals surface area contributed by atoms with Crippen molar-refractivity contribution in [3.63, 3.8) is 0 Å². The van der Waals surface area contributed by atoms with E-state index in [4.69, 9.17) is 0 Å². The fraction of sp³-hybridized carbons (Fsp3) is 0.0571. The molecule has 0 heterocycles. The van der Waals surface area contributed by atoms with Gasteiger partial charge in [-0.15, -0.1) is 0 Å². The highest BCUT2D eigenvalue weighted by Crippen LogP contribution is 2.64. The number of fused-ring (bicyclic) bond motifs is 19. The number of hydrogen-bond donors (Lipinski definition) is 0. The second-order valence-corrected chi connectivity index (χ2v) is 20.3. The topological polar surface area (TPSA) is 3.24 Å².